The van der Waals surface area contributed by atoms with Gasteiger partial charge in [0.15, 0.2) is 0 Å². The van der Waals surface area contributed by atoms with Gasteiger partial charge < -0.3 is 4.42 Å². The van der Waals surface area contributed by atoms with Crippen LogP contribution >= 0.6 is 0 Å². The van der Waals surface area contributed by atoms with Crippen LogP contribution in [0.15, 0.2) is 77.3 Å². The number of benzene rings is 3. The fourth-order valence-corrected chi connectivity index (χ4v) is 5.29. The van der Waals surface area contributed by atoms with E-state index in [0.29, 0.717) is 0 Å². The second kappa shape index (κ2) is 6.73. The van der Waals surface area contributed by atoms with Gasteiger partial charge in [-0.2, -0.15) is 0 Å². The Morgan fingerprint density at radius 3 is 2.53 bits per heavy atom. The van der Waals surface area contributed by atoms with E-state index in [4.69, 9.17) is 9.40 Å². The lowest BCUT2D eigenvalue weighted by molar-refractivity contribution is 0.398. The van der Waals surface area contributed by atoms with Crippen LogP contribution in [0.1, 0.15) is 37.7 Å². The van der Waals surface area contributed by atoms with Gasteiger partial charge in [-0.1, -0.05) is 62.4 Å². The largest absolute Gasteiger partial charge is 0.456 e. The highest BCUT2D eigenvalue weighted by Gasteiger charge is 2.29. The SMILES string of the molecule is BC1(c2ccnc(-c3ccc4oc5ccc6ccccc6c5c4c3)c2)CCCCC1. The molecule has 1 aliphatic carbocycles. The molecule has 2 nitrogen and oxygen atoms in total. The van der Waals surface area contributed by atoms with Crippen LogP contribution in [0.2, 0.25) is 0 Å². The minimum absolute atomic E-state index is 0.276. The van der Waals surface area contributed by atoms with Gasteiger partial charge in [-0.15, -0.1) is 0 Å². The van der Waals surface area contributed by atoms with Crippen molar-refractivity contribution in [3.05, 3.63) is 78.5 Å². The van der Waals surface area contributed by atoms with Crippen LogP contribution in [-0.2, 0) is 5.31 Å². The molecule has 0 saturated heterocycles. The molecule has 0 atom stereocenters. The zero-order valence-corrected chi connectivity index (χ0v) is 17.3. The summed E-state index contributed by atoms with van der Waals surface area (Å²) < 4.78 is 6.17. The minimum atomic E-state index is 0.276. The topological polar surface area (TPSA) is 26.0 Å². The van der Waals surface area contributed by atoms with Crippen LogP contribution in [0.25, 0.3) is 44.0 Å². The van der Waals surface area contributed by atoms with Crippen molar-refractivity contribution in [2.75, 3.05) is 0 Å². The van der Waals surface area contributed by atoms with E-state index in [2.05, 4.69) is 74.6 Å². The summed E-state index contributed by atoms with van der Waals surface area (Å²) in [6, 6.07) is 23.8. The predicted octanol–water partition coefficient (Wildman–Crippen LogP) is 6.59. The normalized spacial score (nSPS) is 16.4. The van der Waals surface area contributed by atoms with Crippen molar-refractivity contribution in [3.63, 3.8) is 0 Å². The first kappa shape index (κ1) is 17.8. The molecule has 1 saturated carbocycles. The van der Waals surface area contributed by atoms with Crippen LogP contribution in [0.5, 0.6) is 0 Å². The molecular formula is C27H24BNO. The number of nitrogens with zero attached hydrogens (tertiary/aromatic N) is 1. The average molecular weight is 389 g/mol. The number of pyridine rings is 1. The maximum absolute atomic E-state index is 6.17. The second-order valence-corrected chi connectivity index (χ2v) is 9.02. The molecule has 1 aliphatic rings. The number of rotatable bonds is 2. The first-order valence-corrected chi connectivity index (χ1v) is 11.0. The molecule has 5 aromatic rings. The summed E-state index contributed by atoms with van der Waals surface area (Å²) in [7, 11) is 2.42. The molecule has 0 amide bonds. The third-order valence-corrected chi connectivity index (χ3v) is 7.07. The molecule has 0 spiro atoms. The van der Waals surface area contributed by atoms with Crippen LogP contribution in [0.3, 0.4) is 0 Å². The Morgan fingerprint density at radius 2 is 1.63 bits per heavy atom. The van der Waals surface area contributed by atoms with E-state index in [1.54, 1.807) is 0 Å². The van der Waals surface area contributed by atoms with E-state index in [1.807, 2.05) is 6.20 Å². The molecule has 0 unspecified atom stereocenters. The summed E-state index contributed by atoms with van der Waals surface area (Å²) in [5.41, 5.74) is 5.50. The van der Waals surface area contributed by atoms with Gasteiger partial charge in [0.2, 0.25) is 0 Å². The van der Waals surface area contributed by atoms with E-state index in [-0.39, 0.29) is 5.31 Å². The molecule has 3 heteroatoms. The third kappa shape index (κ3) is 2.76. The second-order valence-electron chi connectivity index (χ2n) is 9.02. The molecule has 0 aliphatic heterocycles. The lowest BCUT2D eigenvalue weighted by atomic mass is 9.57. The van der Waals surface area contributed by atoms with E-state index >= 15 is 0 Å². The molecule has 0 radical (unpaired) electrons. The average Bonchev–Trinajstić information content (AvgIpc) is 3.18. The van der Waals surface area contributed by atoms with Gasteiger partial charge in [-0.25, -0.2) is 0 Å². The number of fused-ring (bicyclic) bond motifs is 5. The molecule has 30 heavy (non-hydrogen) atoms. The van der Waals surface area contributed by atoms with E-state index in [1.165, 1.54) is 53.8 Å². The Balaban J connectivity index is 1.53. The first-order valence-electron chi connectivity index (χ1n) is 11.0. The molecule has 1 fully saturated rings. The lowest BCUT2D eigenvalue weighted by Gasteiger charge is -2.34. The van der Waals surface area contributed by atoms with Gasteiger partial charge in [0.05, 0.1) is 5.69 Å². The fraction of sp³-hybridized carbons (Fsp3) is 0.222. The van der Waals surface area contributed by atoms with E-state index in [9.17, 15) is 0 Å². The lowest BCUT2D eigenvalue weighted by Crippen LogP contribution is -2.29. The summed E-state index contributed by atoms with van der Waals surface area (Å²) in [6.07, 6.45) is 8.55. The predicted molar refractivity (Wildman–Crippen MR) is 128 cm³/mol. The van der Waals surface area contributed by atoms with Crippen molar-refractivity contribution in [1.82, 2.24) is 4.98 Å². The van der Waals surface area contributed by atoms with Crippen molar-refractivity contribution in [2.45, 2.75) is 37.4 Å². The molecule has 0 bridgehead atoms. The number of hydrogen-bond donors (Lipinski definition) is 0. The van der Waals surface area contributed by atoms with Crippen molar-refractivity contribution in [2.24, 2.45) is 0 Å². The summed E-state index contributed by atoms with van der Waals surface area (Å²) in [4.78, 5) is 4.74. The van der Waals surface area contributed by atoms with Crippen molar-refractivity contribution in [1.29, 1.82) is 0 Å². The van der Waals surface area contributed by atoms with Gasteiger partial charge in [0.1, 0.15) is 19.0 Å². The standard InChI is InChI=1S/C27H24BNO/c28-27(13-4-1-5-14-27)20-12-15-29-23(17-20)19-9-10-24-22(16-19)26-21-7-3-2-6-18(21)8-11-25(26)30-24/h2-3,6-12,15-17H,1,4-5,13-14,28H2. The molecule has 3 aromatic carbocycles. The Morgan fingerprint density at radius 1 is 0.800 bits per heavy atom. The quantitative estimate of drug-likeness (QED) is 0.318. The first-order chi connectivity index (χ1) is 14.7. The Bertz CT molecular complexity index is 1390. The van der Waals surface area contributed by atoms with Crippen molar-refractivity contribution in [3.8, 4) is 11.3 Å². The van der Waals surface area contributed by atoms with E-state index < -0.39 is 0 Å². The Kier molecular flexibility index (Phi) is 3.99. The molecule has 146 valence electrons. The number of furan rings is 1. The maximum atomic E-state index is 6.17. The molecule has 2 heterocycles. The highest BCUT2D eigenvalue weighted by Crippen LogP contribution is 2.39. The monoisotopic (exact) mass is 389 g/mol. The van der Waals surface area contributed by atoms with Gasteiger partial charge in [-0.3, -0.25) is 4.98 Å². The Hall–Kier alpha value is -3.07. The van der Waals surface area contributed by atoms with Crippen molar-refractivity contribution >= 4 is 40.6 Å². The molecular weight excluding hydrogens is 365 g/mol. The smallest absolute Gasteiger partial charge is 0.136 e. The number of aromatic nitrogens is 1. The van der Waals surface area contributed by atoms with Gasteiger partial charge >= 0.3 is 0 Å². The zero-order valence-electron chi connectivity index (χ0n) is 17.3. The summed E-state index contributed by atoms with van der Waals surface area (Å²) in [5, 5.41) is 5.11. The Labute approximate surface area is 177 Å². The van der Waals surface area contributed by atoms with Crippen LogP contribution in [-0.4, -0.2) is 12.8 Å². The van der Waals surface area contributed by atoms with E-state index in [0.717, 1.165) is 27.8 Å². The van der Waals surface area contributed by atoms with Crippen LogP contribution < -0.4 is 0 Å². The van der Waals surface area contributed by atoms with Crippen molar-refractivity contribution < 1.29 is 4.42 Å². The van der Waals surface area contributed by atoms with Crippen LogP contribution in [0, 0.1) is 0 Å². The summed E-state index contributed by atoms with van der Waals surface area (Å²) in [6.45, 7) is 0. The molecule has 0 N–H and O–H groups in total. The van der Waals surface area contributed by atoms with Gasteiger partial charge in [0.25, 0.3) is 0 Å². The maximum Gasteiger partial charge on any atom is 0.136 e. The fourth-order valence-electron chi connectivity index (χ4n) is 5.29. The molecule has 6 rings (SSSR count). The number of hydrogen-bond acceptors (Lipinski definition) is 2. The highest BCUT2D eigenvalue weighted by molar-refractivity contribution is 6.19. The van der Waals surface area contributed by atoms with Gasteiger partial charge in [0, 0.05) is 22.5 Å². The van der Waals surface area contributed by atoms with Gasteiger partial charge in [-0.05, 0) is 58.0 Å². The minimum Gasteiger partial charge on any atom is -0.456 e. The third-order valence-electron chi connectivity index (χ3n) is 7.07. The summed E-state index contributed by atoms with van der Waals surface area (Å²) in [5.74, 6) is 0. The highest BCUT2D eigenvalue weighted by atomic mass is 16.3. The van der Waals surface area contributed by atoms with Crippen LogP contribution in [0.4, 0.5) is 0 Å². The zero-order chi connectivity index (χ0) is 20.1. The summed E-state index contributed by atoms with van der Waals surface area (Å²) >= 11 is 0. The molecule has 2 aromatic heterocycles.